The topological polar surface area (TPSA) is 116 Å². The van der Waals surface area contributed by atoms with Crippen LogP contribution in [0.25, 0.3) is 0 Å². The van der Waals surface area contributed by atoms with Crippen molar-refractivity contribution in [2.45, 2.75) is 26.8 Å². The van der Waals surface area contributed by atoms with Crippen LogP contribution in [0, 0.1) is 5.92 Å². The number of amides is 4. The molecule has 1 aromatic rings. The third-order valence-electron chi connectivity index (χ3n) is 4.07. The van der Waals surface area contributed by atoms with E-state index in [1.165, 1.54) is 6.07 Å². The molecule has 1 aromatic carbocycles. The molecule has 30 heavy (non-hydrogen) atoms. The van der Waals surface area contributed by atoms with Gasteiger partial charge in [-0.25, -0.2) is 4.79 Å². The Balaban J connectivity index is 2.80. The van der Waals surface area contributed by atoms with Crippen LogP contribution in [-0.2, 0) is 11.3 Å². The summed E-state index contributed by atoms with van der Waals surface area (Å²) < 4.78 is 0. The highest BCUT2D eigenvalue weighted by Crippen LogP contribution is 2.11. The predicted octanol–water partition coefficient (Wildman–Crippen LogP) is 1.42. The smallest absolute Gasteiger partial charge is 0.315 e. The van der Waals surface area contributed by atoms with Crippen LogP contribution < -0.4 is 21.3 Å². The van der Waals surface area contributed by atoms with E-state index in [1.54, 1.807) is 12.1 Å². The van der Waals surface area contributed by atoms with Crippen LogP contribution in [-0.4, -0.2) is 54.8 Å². The van der Waals surface area contributed by atoms with Gasteiger partial charge in [0.25, 0.3) is 11.8 Å². The Bertz CT molecular complexity index is 718. The lowest BCUT2D eigenvalue weighted by molar-refractivity contribution is -0.121. The molecule has 4 amide bonds. The number of hydrogen-bond acceptors (Lipinski definition) is 6. The van der Waals surface area contributed by atoms with Gasteiger partial charge in [0.15, 0.2) is 0 Å². The van der Waals surface area contributed by atoms with Crippen molar-refractivity contribution in [2.24, 2.45) is 5.92 Å². The largest absolute Gasteiger partial charge is 0.351 e. The first-order valence-electron chi connectivity index (χ1n) is 9.75. The Morgan fingerprint density at radius 3 is 1.80 bits per heavy atom. The summed E-state index contributed by atoms with van der Waals surface area (Å²) >= 11 is 8.13. The number of Topliss-reactive ketones (excluding diaryl/α,β-unsaturated/α-hetero) is 1. The van der Waals surface area contributed by atoms with Crippen LogP contribution in [0.15, 0.2) is 18.2 Å². The van der Waals surface area contributed by atoms with E-state index in [1.807, 2.05) is 13.8 Å². The zero-order valence-electron chi connectivity index (χ0n) is 17.3. The van der Waals surface area contributed by atoms with Crippen LogP contribution in [0.1, 0.15) is 46.5 Å². The summed E-state index contributed by atoms with van der Waals surface area (Å²) in [5.41, 5.74) is 1.23. The summed E-state index contributed by atoms with van der Waals surface area (Å²) in [6.07, 6.45) is 0.265. The van der Waals surface area contributed by atoms with E-state index >= 15 is 0 Å². The Morgan fingerprint density at radius 1 is 0.800 bits per heavy atom. The van der Waals surface area contributed by atoms with E-state index in [-0.39, 0.29) is 43.0 Å². The van der Waals surface area contributed by atoms with Crippen molar-refractivity contribution in [2.75, 3.05) is 31.1 Å². The summed E-state index contributed by atoms with van der Waals surface area (Å²) in [5.74, 6) is 0.325. The molecule has 10 heteroatoms. The minimum atomic E-state index is -0.433. The zero-order chi connectivity index (χ0) is 22.5. The molecule has 0 aromatic heterocycles. The molecule has 0 atom stereocenters. The van der Waals surface area contributed by atoms with Crippen LogP contribution in [0.4, 0.5) is 4.79 Å². The summed E-state index contributed by atoms with van der Waals surface area (Å²) in [7, 11) is 0. The van der Waals surface area contributed by atoms with Crippen LogP contribution in [0.2, 0.25) is 0 Å². The fraction of sp³-hybridized carbons (Fsp3) is 0.500. The number of carbonyl (C=O) groups excluding carboxylic acids is 4. The number of carbonyl (C=O) groups is 4. The zero-order valence-corrected chi connectivity index (χ0v) is 19.1. The maximum absolute atomic E-state index is 12.3. The molecule has 0 radical (unpaired) electrons. The highest BCUT2D eigenvalue weighted by atomic mass is 32.1. The molecule has 8 nitrogen and oxygen atoms in total. The molecule has 0 unspecified atom stereocenters. The Morgan fingerprint density at radius 2 is 1.33 bits per heavy atom. The maximum Gasteiger partial charge on any atom is 0.315 e. The quantitative estimate of drug-likeness (QED) is 0.268. The Kier molecular flexibility index (Phi) is 12.0. The van der Waals surface area contributed by atoms with Gasteiger partial charge in [-0.15, -0.1) is 0 Å². The van der Waals surface area contributed by atoms with Gasteiger partial charge >= 0.3 is 6.03 Å². The van der Waals surface area contributed by atoms with Crippen molar-refractivity contribution in [1.82, 2.24) is 21.3 Å². The molecule has 0 aliphatic carbocycles. The standard InChI is InChI=1S/C20H30N4O4S2/c1-13(2)17(25)3-4-23-20(28)24-12-14-9-15(18(26)21-5-7-29)11-16(10-14)19(27)22-6-8-30/h9-11,13,29-30H,3-8,12H2,1-2H3,(H,21,26)(H,22,27)(H2,23,24,28). The average molecular weight is 455 g/mol. The second kappa shape index (κ2) is 13.9. The monoisotopic (exact) mass is 454 g/mol. The SMILES string of the molecule is CC(C)C(=O)CCNC(=O)NCc1cc(C(=O)NCCS)cc(C(=O)NCCS)c1. The van der Waals surface area contributed by atoms with Gasteiger partial charge in [0, 0.05) is 61.2 Å². The van der Waals surface area contributed by atoms with E-state index in [4.69, 9.17) is 0 Å². The molecule has 0 heterocycles. The van der Waals surface area contributed by atoms with Crippen LogP contribution in [0.3, 0.4) is 0 Å². The molecule has 0 bridgehead atoms. The third kappa shape index (κ3) is 9.53. The van der Waals surface area contributed by atoms with Gasteiger partial charge in [0.2, 0.25) is 0 Å². The second-order valence-electron chi connectivity index (χ2n) is 6.86. The van der Waals surface area contributed by atoms with Gasteiger partial charge in [0.1, 0.15) is 5.78 Å². The molecule has 166 valence electrons. The summed E-state index contributed by atoms with van der Waals surface area (Å²) in [5, 5.41) is 10.7. The van der Waals surface area contributed by atoms with Gasteiger partial charge in [0.05, 0.1) is 0 Å². The fourth-order valence-corrected chi connectivity index (χ4v) is 2.66. The molecule has 1 rings (SSSR count). The fourth-order valence-electron chi connectivity index (χ4n) is 2.43. The number of ketones is 1. The van der Waals surface area contributed by atoms with E-state index < -0.39 is 6.03 Å². The van der Waals surface area contributed by atoms with Crippen molar-refractivity contribution in [3.05, 3.63) is 34.9 Å². The molecule has 0 aliphatic rings. The number of thiol groups is 2. The minimum Gasteiger partial charge on any atom is -0.351 e. The molecule has 0 saturated heterocycles. The molecule has 0 spiro atoms. The van der Waals surface area contributed by atoms with E-state index in [0.717, 1.165) is 0 Å². The Labute approximate surface area is 188 Å². The third-order valence-corrected chi connectivity index (χ3v) is 4.51. The molecule has 0 aliphatic heterocycles. The first-order valence-corrected chi connectivity index (χ1v) is 11.0. The Hall–Kier alpha value is -2.20. The maximum atomic E-state index is 12.3. The predicted molar refractivity (Wildman–Crippen MR) is 124 cm³/mol. The average Bonchev–Trinajstić information content (AvgIpc) is 2.73. The molecule has 0 fully saturated rings. The number of rotatable bonds is 12. The van der Waals surface area contributed by atoms with Crippen molar-refractivity contribution in [3.8, 4) is 0 Å². The van der Waals surface area contributed by atoms with E-state index in [9.17, 15) is 19.2 Å². The number of hydrogen-bond donors (Lipinski definition) is 6. The first kappa shape index (κ1) is 25.8. The van der Waals surface area contributed by atoms with Crippen molar-refractivity contribution < 1.29 is 19.2 Å². The van der Waals surface area contributed by atoms with Gasteiger partial charge in [-0.05, 0) is 23.8 Å². The van der Waals surface area contributed by atoms with Crippen LogP contribution in [0.5, 0.6) is 0 Å². The molecular weight excluding hydrogens is 424 g/mol. The van der Waals surface area contributed by atoms with Crippen molar-refractivity contribution >= 4 is 48.9 Å². The number of urea groups is 1. The highest BCUT2D eigenvalue weighted by Gasteiger charge is 2.14. The molecule has 4 N–H and O–H groups in total. The van der Waals surface area contributed by atoms with Gasteiger partial charge in [-0.3, -0.25) is 14.4 Å². The van der Waals surface area contributed by atoms with Gasteiger partial charge in [-0.1, -0.05) is 13.8 Å². The van der Waals surface area contributed by atoms with Crippen molar-refractivity contribution in [1.29, 1.82) is 0 Å². The van der Waals surface area contributed by atoms with Crippen LogP contribution >= 0.6 is 25.3 Å². The van der Waals surface area contributed by atoms with E-state index in [0.29, 0.717) is 41.3 Å². The molecular formula is C20H30N4O4S2. The summed E-state index contributed by atoms with van der Waals surface area (Å²) in [6.45, 7) is 4.76. The van der Waals surface area contributed by atoms with Crippen molar-refractivity contribution in [3.63, 3.8) is 0 Å². The lowest BCUT2D eigenvalue weighted by Crippen LogP contribution is -2.36. The normalized spacial score (nSPS) is 10.4. The highest BCUT2D eigenvalue weighted by molar-refractivity contribution is 7.80. The summed E-state index contributed by atoms with van der Waals surface area (Å²) in [4.78, 5) is 48.2. The lowest BCUT2D eigenvalue weighted by Gasteiger charge is -2.12. The lowest BCUT2D eigenvalue weighted by atomic mass is 10.0. The summed E-state index contributed by atoms with van der Waals surface area (Å²) in [6, 6.07) is 4.30. The first-order chi connectivity index (χ1) is 14.3. The van der Waals surface area contributed by atoms with Gasteiger partial charge in [-0.2, -0.15) is 25.3 Å². The number of nitrogens with one attached hydrogen (secondary N) is 4. The second-order valence-corrected chi connectivity index (χ2v) is 7.75. The minimum absolute atomic E-state index is 0.0709. The number of benzene rings is 1. The molecule has 0 saturated carbocycles. The van der Waals surface area contributed by atoms with E-state index in [2.05, 4.69) is 46.5 Å². The van der Waals surface area contributed by atoms with Gasteiger partial charge < -0.3 is 21.3 Å².